The number of nitrogens with zero attached hydrogens (tertiary/aromatic N) is 4. The van der Waals surface area contributed by atoms with E-state index in [-0.39, 0.29) is 42.5 Å². The van der Waals surface area contributed by atoms with Gasteiger partial charge in [-0.3, -0.25) is 4.79 Å². The first-order valence-electron chi connectivity index (χ1n) is 12.8. The fourth-order valence-corrected chi connectivity index (χ4v) is 5.38. The number of amides is 2. The van der Waals surface area contributed by atoms with E-state index >= 15 is 0 Å². The number of hydrogen-bond acceptors (Lipinski definition) is 8. The van der Waals surface area contributed by atoms with Gasteiger partial charge in [-0.05, 0) is 62.8 Å². The summed E-state index contributed by atoms with van der Waals surface area (Å²) >= 11 is 0. The van der Waals surface area contributed by atoms with Crippen molar-refractivity contribution in [2.75, 3.05) is 12.9 Å². The zero-order valence-electron chi connectivity index (χ0n) is 21.3. The summed E-state index contributed by atoms with van der Waals surface area (Å²) in [6.07, 6.45) is 6.76. The van der Waals surface area contributed by atoms with Gasteiger partial charge in [-0.25, -0.2) is 17.9 Å². The molecule has 1 N–H and O–H groups in total. The number of aromatic nitrogens is 3. The van der Waals surface area contributed by atoms with Gasteiger partial charge in [-0.15, -0.1) is 5.10 Å². The summed E-state index contributed by atoms with van der Waals surface area (Å²) in [5.74, 6) is -0.162. The molecule has 0 saturated heterocycles. The molecule has 2 aliphatic carbocycles. The van der Waals surface area contributed by atoms with Gasteiger partial charge in [-0.2, -0.15) is 0 Å². The van der Waals surface area contributed by atoms with Crippen LogP contribution in [0.2, 0.25) is 0 Å². The molecule has 0 radical (unpaired) electrons. The van der Waals surface area contributed by atoms with Gasteiger partial charge in [0.25, 0.3) is 0 Å². The number of aryl methyl sites for hydroxylation is 1. The van der Waals surface area contributed by atoms with E-state index in [2.05, 4.69) is 15.6 Å². The number of carbonyl (C=O) groups is 2. The van der Waals surface area contributed by atoms with Crippen molar-refractivity contribution in [3.63, 3.8) is 0 Å². The fraction of sp³-hybridized carbons (Fsp3) is 0.600. The van der Waals surface area contributed by atoms with Crippen molar-refractivity contribution >= 4 is 22.7 Å². The Bertz CT molecular complexity index is 1150. The van der Waals surface area contributed by atoms with Crippen molar-refractivity contribution in [1.82, 2.24) is 25.2 Å². The Kier molecular flexibility index (Phi) is 9.01. The molecule has 2 amide bonds. The third-order valence-electron chi connectivity index (χ3n) is 7.25. The largest absolute Gasteiger partial charge is 0.490 e. The van der Waals surface area contributed by atoms with Crippen LogP contribution in [0.4, 0.5) is 4.79 Å². The van der Waals surface area contributed by atoms with Gasteiger partial charge in [0.2, 0.25) is 5.91 Å². The van der Waals surface area contributed by atoms with Crippen LogP contribution in [0.5, 0.6) is 5.75 Å². The maximum Gasteiger partial charge on any atom is 0.410 e. The first kappa shape index (κ1) is 26.9. The number of hydrogen-bond donors (Lipinski definition) is 2. The monoisotopic (exact) mass is 533 g/mol. The summed E-state index contributed by atoms with van der Waals surface area (Å²) in [6, 6.07) is 7.70. The highest BCUT2D eigenvalue weighted by molar-refractivity contribution is 7.72. The van der Waals surface area contributed by atoms with Crippen LogP contribution < -0.4 is 10.1 Å². The third-order valence-corrected chi connectivity index (χ3v) is 7.66. The molecule has 12 heteroatoms. The summed E-state index contributed by atoms with van der Waals surface area (Å²) < 4.78 is 34.8. The predicted molar refractivity (Wildman–Crippen MR) is 136 cm³/mol. The standard InChI is InChI=1S/C25H35N5O6S/c1-29(19-7-3-4-8-19)25(32)35-15-22-23(27-28-30(22)2)17-10-12-20(13-11-17)36-21-9-5-6-18(14-21)24(31)26-16-37(33)34/h10-13,18-19,21,37H,3-9,14-16H2,1-2H3,(H,26,31)/t18-,21-/m0/s1. The first-order valence-corrected chi connectivity index (χ1v) is 14.1. The van der Waals surface area contributed by atoms with Crippen LogP contribution >= 0.6 is 0 Å². The lowest BCUT2D eigenvalue weighted by Crippen LogP contribution is -2.37. The Morgan fingerprint density at radius 2 is 1.84 bits per heavy atom. The molecular weight excluding hydrogens is 498 g/mol. The minimum absolute atomic E-state index is 0.0686. The highest BCUT2D eigenvalue weighted by Crippen LogP contribution is 2.30. The highest BCUT2D eigenvalue weighted by atomic mass is 32.2. The molecule has 202 valence electrons. The van der Waals surface area contributed by atoms with E-state index in [9.17, 15) is 18.0 Å². The number of ether oxygens (including phenoxy) is 2. The Morgan fingerprint density at radius 1 is 1.11 bits per heavy atom. The topological polar surface area (TPSA) is 133 Å². The predicted octanol–water partition coefficient (Wildman–Crippen LogP) is 2.62. The van der Waals surface area contributed by atoms with E-state index in [1.165, 1.54) is 0 Å². The van der Waals surface area contributed by atoms with Crippen LogP contribution in [0.3, 0.4) is 0 Å². The molecule has 2 aliphatic rings. The third kappa shape index (κ3) is 7.00. The second kappa shape index (κ2) is 12.4. The molecule has 4 rings (SSSR count). The van der Waals surface area contributed by atoms with Crippen LogP contribution in [0.25, 0.3) is 11.3 Å². The van der Waals surface area contributed by atoms with E-state index in [0.29, 0.717) is 23.6 Å². The maximum atomic E-state index is 12.5. The zero-order chi connectivity index (χ0) is 26.4. The summed E-state index contributed by atoms with van der Waals surface area (Å²) in [6.45, 7) is 0.0686. The Balaban J connectivity index is 1.34. The molecule has 2 atom stereocenters. The van der Waals surface area contributed by atoms with Crippen molar-refractivity contribution in [2.24, 2.45) is 13.0 Å². The zero-order valence-corrected chi connectivity index (χ0v) is 22.2. The lowest BCUT2D eigenvalue weighted by molar-refractivity contribution is -0.126. The van der Waals surface area contributed by atoms with Crippen molar-refractivity contribution in [3.05, 3.63) is 30.0 Å². The highest BCUT2D eigenvalue weighted by Gasteiger charge is 2.29. The van der Waals surface area contributed by atoms with E-state index in [1.807, 2.05) is 24.3 Å². The minimum atomic E-state index is -2.64. The van der Waals surface area contributed by atoms with Crippen molar-refractivity contribution in [2.45, 2.75) is 70.1 Å². The molecule has 0 aliphatic heterocycles. The summed E-state index contributed by atoms with van der Waals surface area (Å²) in [5.41, 5.74) is 2.16. The summed E-state index contributed by atoms with van der Waals surface area (Å²) in [5, 5.41) is 10.9. The number of thiol groups is 1. The molecule has 1 heterocycles. The molecule has 2 fully saturated rings. The van der Waals surface area contributed by atoms with Crippen molar-refractivity contribution in [1.29, 1.82) is 0 Å². The molecule has 1 aromatic heterocycles. The molecule has 1 aromatic carbocycles. The number of benzene rings is 1. The summed E-state index contributed by atoms with van der Waals surface area (Å²) in [7, 11) is 0.914. The van der Waals surface area contributed by atoms with Gasteiger partial charge in [0.05, 0.1) is 6.10 Å². The van der Waals surface area contributed by atoms with Gasteiger partial charge in [0.15, 0.2) is 10.7 Å². The molecule has 0 unspecified atom stereocenters. The van der Waals surface area contributed by atoms with Gasteiger partial charge in [-0.1, -0.05) is 18.1 Å². The lowest BCUT2D eigenvalue weighted by Gasteiger charge is -2.28. The average Bonchev–Trinajstić information content (AvgIpc) is 3.56. The lowest BCUT2D eigenvalue weighted by atomic mass is 9.86. The SMILES string of the molecule is CN(C(=O)OCc1c(-c2ccc(O[C@H]3CCC[C@H](C(=O)NC[SH](=O)=O)C3)cc2)nnn1C)C1CCCC1. The molecule has 0 bridgehead atoms. The average molecular weight is 534 g/mol. The van der Waals surface area contributed by atoms with Crippen molar-refractivity contribution in [3.8, 4) is 17.0 Å². The number of nitrogens with one attached hydrogen (secondary N) is 1. The molecular formula is C25H35N5O6S. The fourth-order valence-electron chi connectivity index (χ4n) is 5.10. The molecule has 11 nitrogen and oxygen atoms in total. The second-order valence-electron chi connectivity index (χ2n) is 9.77. The maximum absolute atomic E-state index is 12.5. The van der Waals surface area contributed by atoms with Crippen LogP contribution in [-0.4, -0.2) is 65.4 Å². The number of rotatable bonds is 9. The smallest absolute Gasteiger partial charge is 0.410 e. The van der Waals surface area contributed by atoms with E-state index in [0.717, 1.165) is 50.5 Å². The normalized spacial score (nSPS) is 20.1. The van der Waals surface area contributed by atoms with Crippen LogP contribution in [0, 0.1) is 5.92 Å². The van der Waals surface area contributed by atoms with E-state index < -0.39 is 10.7 Å². The van der Waals surface area contributed by atoms with Gasteiger partial charge < -0.3 is 19.7 Å². The molecule has 0 spiro atoms. The first-order chi connectivity index (χ1) is 17.8. The molecule has 37 heavy (non-hydrogen) atoms. The van der Waals surface area contributed by atoms with Crippen LogP contribution in [0.1, 0.15) is 57.1 Å². The van der Waals surface area contributed by atoms with Gasteiger partial charge in [0.1, 0.15) is 29.6 Å². The van der Waals surface area contributed by atoms with Crippen LogP contribution in [-0.2, 0) is 33.9 Å². The molecule has 2 aromatic rings. The van der Waals surface area contributed by atoms with E-state index in [1.54, 1.807) is 23.7 Å². The van der Waals surface area contributed by atoms with Crippen LogP contribution in [0.15, 0.2) is 24.3 Å². The Labute approximate surface area is 218 Å². The summed E-state index contributed by atoms with van der Waals surface area (Å²) in [4.78, 5) is 26.5. The number of carbonyl (C=O) groups excluding carboxylic acids is 2. The Morgan fingerprint density at radius 3 is 2.54 bits per heavy atom. The quantitative estimate of drug-likeness (QED) is 0.470. The minimum Gasteiger partial charge on any atom is -0.490 e. The molecule has 2 saturated carbocycles. The second-order valence-corrected chi connectivity index (χ2v) is 10.8. The van der Waals surface area contributed by atoms with Gasteiger partial charge in [0, 0.05) is 31.6 Å². The Hall–Kier alpha value is -3.15. The van der Waals surface area contributed by atoms with Crippen molar-refractivity contribution < 1.29 is 27.5 Å². The van der Waals surface area contributed by atoms with Gasteiger partial charge >= 0.3 is 6.09 Å². The van der Waals surface area contributed by atoms with E-state index in [4.69, 9.17) is 9.47 Å².